The summed E-state index contributed by atoms with van der Waals surface area (Å²) in [5.74, 6) is -3.95. The fraction of sp³-hybridized carbons (Fsp3) is 0.550. The summed E-state index contributed by atoms with van der Waals surface area (Å²) in [7, 11) is 0. The van der Waals surface area contributed by atoms with Gasteiger partial charge < -0.3 is 15.2 Å². The third kappa shape index (κ3) is 2.44. The van der Waals surface area contributed by atoms with Crippen LogP contribution in [0.4, 0.5) is 10.1 Å². The maximum absolute atomic E-state index is 14.1. The normalized spacial score (nSPS) is 36.7. The minimum Gasteiger partial charge on any atom is -0.392 e. The SMILES string of the molecule is C[C@@H](O)[C@@H]1N[C@@]2(C(=O)Nc3ccc(F)cc32)[C@H]2C(=O)N(C[C@H]3CCCO3)C(=O)[C@@H]12. The van der Waals surface area contributed by atoms with Gasteiger partial charge in [0.2, 0.25) is 17.7 Å². The molecule has 1 aromatic rings. The van der Waals surface area contributed by atoms with Crippen LogP contribution in [-0.2, 0) is 24.7 Å². The molecule has 0 unspecified atom stereocenters. The van der Waals surface area contributed by atoms with Gasteiger partial charge in [0.15, 0.2) is 0 Å². The third-order valence-corrected chi connectivity index (χ3v) is 6.63. The van der Waals surface area contributed by atoms with E-state index in [2.05, 4.69) is 10.6 Å². The Morgan fingerprint density at radius 2 is 2.14 bits per heavy atom. The van der Waals surface area contributed by atoms with Gasteiger partial charge in [0, 0.05) is 23.9 Å². The lowest BCUT2D eigenvalue weighted by atomic mass is 9.76. The summed E-state index contributed by atoms with van der Waals surface area (Å²) in [4.78, 5) is 40.9. The molecule has 3 fully saturated rings. The zero-order valence-electron chi connectivity index (χ0n) is 15.9. The van der Waals surface area contributed by atoms with Gasteiger partial charge >= 0.3 is 0 Å². The molecule has 0 radical (unpaired) electrons. The number of anilines is 1. The van der Waals surface area contributed by atoms with E-state index < -0.39 is 53.1 Å². The van der Waals surface area contributed by atoms with Crippen molar-refractivity contribution in [1.82, 2.24) is 10.2 Å². The molecule has 3 saturated heterocycles. The first-order chi connectivity index (χ1) is 13.8. The standard InChI is InChI=1S/C20H22FN3O5/c1-9(25)16-14-15(18(27)24(17(14)26)8-11-3-2-6-29-11)20(23-16)12-7-10(21)4-5-13(12)22-19(20)28/h4-5,7,9,11,14-16,23,25H,2-3,6,8H2,1H3,(H,22,28)/t9-,11-,14-,15-,16+,20-/m1/s1. The highest BCUT2D eigenvalue weighted by atomic mass is 19.1. The molecule has 8 nitrogen and oxygen atoms in total. The van der Waals surface area contributed by atoms with E-state index in [1.807, 2.05) is 0 Å². The molecule has 29 heavy (non-hydrogen) atoms. The summed E-state index contributed by atoms with van der Waals surface area (Å²) in [5, 5.41) is 16.1. The van der Waals surface area contributed by atoms with E-state index in [1.165, 1.54) is 25.1 Å². The Morgan fingerprint density at radius 3 is 2.83 bits per heavy atom. The molecular weight excluding hydrogens is 381 g/mol. The van der Waals surface area contributed by atoms with Crippen LogP contribution in [0.15, 0.2) is 18.2 Å². The number of hydrogen-bond acceptors (Lipinski definition) is 6. The number of amides is 3. The average Bonchev–Trinajstić information content (AvgIpc) is 3.41. The van der Waals surface area contributed by atoms with Gasteiger partial charge in [-0.3, -0.25) is 24.6 Å². The molecule has 5 rings (SSSR count). The van der Waals surface area contributed by atoms with Crippen LogP contribution in [0.1, 0.15) is 25.3 Å². The number of rotatable bonds is 3. The van der Waals surface area contributed by atoms with Crippen molar-refractivity contribution in [2.24, 2.45) is 11.8 Å². The highest BCUT2D eigenvalue weighted by Gasteiger charge is 2.71. The van der Waals surface area contributed by atoms with Gasteiger partial charge in [0.1, 0.15) is 11.4 Å². The number of ether oxygens (including phenoxy) is 1. The molecule has 6 atom stereocenters. The minimum absolute atomic E-state index is 0.130. The van der Waals surface area contributed by atoms with Crippen LogP contribution in [0.3, 0.4) is 0 Å². The van der Waals surface area contributed by atoms with Crippen molar-refractivity contribution >= 4 is 23.4 Å². The van der Waals surface area contributed by atoms with E-state index in [-0.39, 0.29) is 12.6 Å². The number of fused-ring (bicyclic) bond motifs is 4. The number of carbonyl (C=O) groups excluding carboxylic acids is 3. The quantitative estimate of drug-likeness (QED) is 0.618. The summed E-state index contributed by atoms with van der Waals surface area (Å²) in [6.07, 6.45) is 0.402. The number of likely N-dealkylation sites (tertiary alicyclic amines) is 1. The summed E-state index contributed by atoms with van der Waals surface area (Å²) in [6.45, 7) is 2.23. The highest BCUT2D eigenvalue weighted by Crippen LogP contribution is 2.53. The Balaban J connectivity index is 1.61. The molecule has 1 spiro atoms. The van der Waals surface area contributed by atoms with Crippen molar-refractivity contribution in [2.75, 3.05) is 18.5 Å². The maximum atomic E-state index is 14.1. The maximum Gasteiger partial charge on any atom is 0.250 e. The van der Waals surface area contributed by atoms with Crippen LogP contribution < -0.4 is 10.6 Å². The number of aliphatic hydroxyl groups is 1. The van der Waals surface area contributed by atoms with Gasteiger partial charge in [-0.2, -0.15) is 0 Å². The van der Waals surface area contributed by atoms with Crippen LogP contribution in [0.5, 0.6) is 0 Å². The Morgan fingerprint density at radius 1 is 1.34 bits per heavy atom. The van der Waals surface area contributed by atoms with Crippen LogP contribution in [-0.4, -0.2) is 59.1 Å². The second-order valence-electron chi connectivity index (χ2n) is 8.29. The highest BCUT2D eigenvalue weighted by molar-refractivity contribution is 6.15. The zero-order chi connectivity index (χ0) is 20.5. The summed E-state index contributed by atoms with van der Waals surface area (Å²) in [6, 6.07) is 3.06. The molecule has 3 amide bonds. The number of aliphatic hydroxyl groups excluding tert-OH is 1. The molecule has 4 aliphatic rings. The monoisotopic (exact) mass is 403 g/mol. The van der Waals surface area contributed by atoms with Gasteiger partial charge in [-0.25, -0.2) is 4.39 Å². The fourth-order valence-electron chi connectivity index (χ4n) is 5.35. The van der Waals surface area contributed by atoms with Crippen LogP contribution in [0.25, 0.3) is 0 Å². The molecule has 0 aromatic heterocycles. The van der Waals surface area contributed by atoms with Crippen molar-refractivity contribution in [3.8, 4) is 0 Å². The topological polar surface area (TPSA) is 108 Å². The van der Waals surface area contributed by atoms with Crippen molar-refractivity contribution in [1.29, 1.82) is 0 Å². The molecule has 1 aromatic carbocycles. The number of nitrogens with one attached hydrogen (secondary N) is 2. The Bertz CT molecular complexity index is 915. The molecule has 0 saturated carbocycles. The first-order valence-corrected chi connectivity index (χ1v) is 9.88. The molecule has 0 bridgehead atoms. The third-order valence-electron chi connectivity index (χ3n) is 6.63. The Kier molecular flexibility index (Phi) is 4.06. The second kappa shape index (κ2) is 6.32. The summed E-state index contributed by atoms with van der Waals surface area (Å²) in [5.41, 5.74) is -0.908. The lowest BCUT2D eigenvalue weighted by Gasteiger charge is -2.30. The fourth-order valence-corrected chi connectivity index (χ4v) is 5.35. The predicted molar refractivity (Wildman–Crippen MR) is 98.0 cm³/mol. The summed E-state index contributed by atoms with van der Waals surface area (Å²) < 4.78 is 19.6. The Hall–Kier alpha value is -2.36. The number of benzene rings is 1. The molecule has 154 valence electrons. The van der Waals surface area contributed by atoms with Crippen molar-refractivity contribution in [2.45, 2.75) is 43.6 Å². The van der Waals surface area contributed by atoms with E-state index in [0.717, 1.165) is 17.7 Å². The largest absolute Gasteiger partial charge is 0.392 e. The van der Waals surface area contributed by atoms with E-state index in [0.29, 0.717) is 17.9 Å². The minimum atomic E-state index is -1.60. The van der Waals surface area contributed by atoms with Gasteiger partial charge in [0.05, 0.1) is 30.6 Å². The number of hydrogen-bond donors (Lipinski definition) is 3. The number of nitrogens with zero attached hydrogens (tertiary/aromatic N) is 1. The predicted octanol–water partition coefficient (Wildman–Crippen LogP) is 0.106. The Labute approximate surface area is 166 Å². The molecule has 9 heteroatoms. The first-order valence-electron chi connectivity index (χ1n) is 9.88. The van der Waals surface area contributed by atoms with E-state index in [9.17, 15) is 23.9 Å². The van der Waals surface area contributed by atoms with E-state index in [4.69, 9.17) is 4.74 Å². The van der Waals surface area contributed by atoms with E-state index in [1.54, 1.807) is 0 Å². The first kappa shape index (κ1) is 18.7. The second-order valence-corrected chi connectivity index (χ2v) is 8.29. The van der Waals surface area contributed by atoms with Crippen LogP contribution in [0, 0.1) is 17.7 Å². The van der Waals surface area contributed by atoms with Crippen molar-refractivity contribution < 1.29 is 28.6 Å². The number of halogens is 1. The van der Waals surface area contributed by atoms with E-state index >= 15 is 0 Å². The van der Waals surface area contributed by atoms with Crippen molar-refractivity contribution in [3.05, 3.63) is 29.6 Å². The van der Waals surface area contributed by atoms with Gasteiger partial charge in [-0.05, 0) is 38.0 Å². The zero-order valence-corrected chi connectivity index (χ0v) is 15.9. The molecule has 0 aliphatic carbocycles. The van der Waals surface area contributed by atoms with Gasteiger partial charge in [-0.1, -0.05) is 0 Å². The van der Waals surface area contributed by atoms with Crippen molar-refractivity contribution in [3.63, 3.8) is 0 Å². The molecular formula is C20H22FN3O5. The lowest BCUT2D eigenvalue weighted by Crippen LogP contribution is -2.55. The molecule has 4 aliphatic heterocycles. The smallest absolute Gasteiger partial charge is 0.250 e. The number of imide groups is 1. The number of carbonyl (C=O) groups is 3. The lowest BCUT2D eigenvalue weighted by molar-refractivity contribution is -0.144. The van der Waals surface area contributed by atoms with Gasteiger partial charge in [0.25, 0.3) is 0 Å². The van der Waals surface area contributed by atoms with Gasteiger partial charge in [-0.15, -0.1) is 0 Å². The molecule has 3 N–H and O–H groups in total. The van der Waals surface area contributed by atoms with Crippen LogP contribution in [0.2, 0.25) is 0 Å². The van der Waals surface area contributed by atoms with Crippen LogP contribution >= 0.6 is 0 Å². The summed E-state index contributed by atoms with van der Waals surface area (Å²) >= 11 is 0. The molecule has 4 heterocycles. The average molecular weight is 403 g/mol.